The Morgan fingerprint density at radius 2 is 2.00 bits per heavy atom. The molecule has 3 nitrogen and oxygen atoms in total. The topological polar surface area (TPSA) is 26.5 Å². The molecule has 0 atom stereocenters. The molecule has 22 heavy (non-hydrogen) atoms. The number of halogens is 3. The molecule has 6 heteroatoms. The average Bonchev–Trinajstić information content (AvgIpc) is 2.75. The molecule has 0 aliphatic rings. The van der Waals surface area contributed by atoms with Crippen molar-refractivity contribution in [3.63, 3.8) is 0 Å². The van der Waals surface area contributed by atoms with E-state index in [-0.39, 0.29) is 11.6 Å². The first-order valence-electron chi connectivity index (χ1n) is 6.70. The number of hydrogen-bond acceptors (Lipinski definition) is 2. The van der Waals surface area contributed by atoms with Gasteiger partial charge in [-0.05, 0) is 19.1 Å². The van der Waals surface area contributed by atoms with Gasteiger partial charge in [-0.3, -0.25) is 0 Å². The molecule has 3 rings (SSSR count). The lowest BCUT2D eigenvalue weighted by Gasteiger charge is -2.11. The van der Waals surface area contributed by atoms with Crippen LogP contribution < -0.4 is 4.74 Å². The molecular weight excluding hydrogens is 293 g/mol. The lowest BCUT2D eigenvalue weighted by molar-refractivity contribution is -0.0503. The van der Waals surface area contributed by atoms with Crippen LogP contribution in [0.2, 0.25) is 0 Å². The number of ether oxygens (including phenoxy) is 1. The van der Waals surface area contributed by atoms with E-state index in [0.717, 1.165) is 11.4 Å². The largest absolute Gasteiger partial charge is 0.435 e. The van der Waals surface area contributed by atoms with Gasteiger partial charge in [0.25, 0.3) is 0 Å². The van der Waals surface area contributed by atoms with Gasteiger partial charge in [0.05, 0.1) is 5.69 Å². The Morgan fingerprint density at radius 3 is 2.77 bits per heavy atom. The number of aryl methyl sites for hydroxylation is 1. The van der Waals surface area contributed by atoms with E-state index in [4.69, 9.17) is 0 Å². The summed E-state index contributed by atoms with van der Waals surface area (Å²) < 4.78 is 44.5. The van der Waals surface area contributed by atoms with Crippen molar-refractivity contribution < 1.29 is 17.9 Å². The van der Waals surface area contributed by atoms with Crippen LogP contribution in [0.25, 0.3) is 5.65 Å². The molecule has 0 N–H and O–H groups in total. The monoisotopic (exact) mass is 306 g/mol. The number of para-hydroxylation sites is 1. The summed E-state index contributed by atoms with van der Waals surface area (Å²) in [6.07, 6.45) is 1.94. The minimum absolute atomic E-state index is 0.133. The van der Waals surface area contributed by atoms with Crippen molar-refractivity contribution in [1.82, 2.24) is 9.38 Å². The van der Waals surface area contributed by atoms with E-state index >= 15 is 0 Å². The summed E-state index contributed by atoms with van der Waals surface area (Å²) in [7, 11) is 0. The summed E-state index contributed by atoms with van der Waals surface area (Å²) in [6.45, 7) is -1.07. The van der Waals surface area contributed by atoms with Crippen LogP contribution in [0.1, 0.15) is 17.0 Å². The highest BCUT2D eigenvalue weighted by molar-refractivity contribution is 5.46. The van der Waals surface area contributed by atoms with E-state index in [0.29, 0.717) is 17.6 Å². The zero-order valence-electron chi connectivity index (χ0n) is 11.8. The molecule has 3 aromatic rings. The highest BCUT2D eigenvalue weighted by Gasteiger charge is 2.14. The Morgan fingerprint density at radius 1 is 1.23 bits per heavy atom. The predicted molar refractivity (Wildman–Crippen MR) is 75.8 cm³/mol. The van der Waals surface area contributed by atoms with Gasteiger partial charge < -0.3 is 9.14 Å². The van der Waals surface area contributed by atoms with Gasteiger partial charge in [-0.1, -0.05) is 18.2 Å². The van der Waals surface area contributed by atoms with Crippen molar-refractivity contribution in [3.8, 4) is 5.75 Å². The van der Waals surface area contributed by atoms with Crippen LogP contribution in [0.15, 0.2) is 42.6 Å². The van der Waals surface area contributed by atoms with Crippen LogP contribution >= 0.6 is 0 Å². The Bertz CT molecular complexity index is 814. The van der Waals surface area contributed by atoms with E-state index in [9.17, 15) is 13.2 Å². The number of fused-ring (bicyclic) bond motifs is 1. The third kappa shape index (κ3) is 2.77. The second-order valence-corrected chi connectivity index (χ2v) is 4.88. The average molecular weight is 306 g/mol. The molecule has 0 saturated heterocycles. The van der Waals surface area contributed by atoms with Crippen molar-refractivity contribution in [2.24, 2.45) is 0 Å². The van der Waals surface area contributed by atoms with Crippen molar-refractivity contribution in [2.45, 2.75) is 20.0 Å². The second-order valence-electron chi connectivity index (χ2n) is 4.88. The van der Waals surface area contributed by atoms with Gasteiger partial charge in [-0.2, -0.15) is 8.78 Å². The molecule has 1 aromatic carbocycles. The number of nitrogens with zero attached hydrogens (tertiary/aromatic N) is 2. The first-order chi connectivity index (χ1) is 10.5. The van der Waals surface area contributed by atoms with Crippen molar-refractivity contribution >= 4 is 5.65 Å². The summed E-state index contributed by atoms with van der Waals surface area (Å²) in [6, 6.07) is 9.28. The first kappa shape index (κ1) is 14.4. The molecule has 0 bridgehead atoms. The van der Waals surface area contributed by atoms with Gasteiger partial charge in [0.1, 0.15) is 17.2 Å². The van der Waals surface area contributed by atoms with Gasteiger partial charge in [0.2, 0.25) is 0 Å². The Labute approximate surface area is 125 Å². The highest BCUT2D eigenvalue weighted by atomic mass is 19.3. The fourth-order valence-corrected chi connectivity index (χ4v) is 2.44. The molecule has 0 fully saturated rings. The van der Waals surface area contributed by atoms with E-state index in [2.05, 4.69) is 9.72 Å². The lowest BCUT2D eigenvalue weighted by atomic mass is 10.1. The number of hydrogen-bond donors (Lipinski definition) is 0. The van der Waals surface area contributed by atoms with E-state index < -0.39 is 6.61 Å². The minimum Gasteiger partial charge on any atom is -0.435 e. The molecular formula is C16H13F3N2O. The van der Waals surface area contributed by atoms with Crippen LogP contribution in [0, 0.1) is 12.7 Å². The van der Waals surface area contributed by atoms with Crippen molar-refractivity contribution in [2.75, 3.05) is 0 Å². The van der Waals surface area contributed by atoms with Crippen LogP contribution in [-0.4, -0.2) is 16.0 Å². The zero-order valence-corrected chi connectivity index (χ0v) is 11.8. The molecule has 0 aliphatic heterocycles. The van der Waals surface area contributed by atoms with E-state index in [1.165, 1.54) is 18.2 Å². The maximum Gasteiger partial charge on any atom is 0.387 e. The van der Waals surface area contributed by atoms with Gasteiger partial charge in [0.15, 0.2) is 0 Å². The first-order valence-corrected chi connectivity index (χ1v) is 6.70. The maximum atomic E-state index is 13.3. The second kappa shape index (κ2) is 5.71. The third-order valence-corrected chi connectivity index (χ3v) is 3.43. The molecule has 0 radical (unpaired) electrons. The predicted octanol–water partition coefficient (Wildman–Crippen LogP) is 3.97. The number of alkyl halides is 2. The normalized spacial score (nSPS) is 11.3. The van der Waals surface area contributed by atoms with E-state index in [1.807, 2.05) is 0 Å². The zero-order chi connectivity index (χ0) is 15.7. The molecule has 0 amide bonds. The Kier molecular flexibility index (Phi) is 3.75. The number of benzene rings is 1. The van der Waals surface area contributed by atoms with Crippen molar-refractivity contribution in [1.29, 1.82) is 0 Å². The molecule has 2 aromatic heterocycles. The Hall–Kier alpha value is -2.50. The minimum atomic E-state index is -2.88. The van der Waals surface area contributed by atoms with Gasteiger partial charge in [-0.15, -0.1) is 0 Å². The third-order valence-electron chi connectivity index (χ3n) is 3.43. The standard InChI is InChI=1S/C16H13F3N2O/c1-10-13(21-7-6-12(17)9-15(21)20-10)8-11-4-2-3-5-14(11)22-16(18)19/h2-7,9,16H,8H2,1H3. The Balaban J connectivity index is 2.02. The number of pyridine rings is 1. The van der Waals surface area contributed by atoms with Gasteiger partial charge in [-0.25, -0.2) is 9.37 Å². The maximum absolute atomic E-state index is 13.3. The van der Waals surface area contributed by atoms with Gasteiger partial charge >= 0.3 is 6.61 Å². The fraction of sp³-hybridized carbons (Fsp3) is 0.188. The SMILES string of the molecule is Cc1nc2cc(F)ccn2c1Cc1ccccc1OC(F)F. The lowest BCUT2D eigenvalue weighted by Crippen LogP contribution is -2.05. The molecule has 0 spiro atoms. The highest BCUT2D eigenvalue weighted by Crippen LogP contribution is 2.25. The van der Waals surface area contributed by atoms with E-state index in [1.54, 1.807) is 35.7 Å². The van der Waals surface area contributed by atoms with Gasteiger partial charge in [0, 0.05) is 29.9 Å². The fourth-order valence-electron chi connectivity index (χ4n) is 2.44. The molecule has 0 saturated carbocycles. The van der Waals surface area contributed by atoms with Crippen LogP contribution in [0.4, 0.5) is 13.2 Å². The summed E-state index contributed by atoms with van der Waals surface area (Å²) in [5, 5.41) is 0. The van der Waals surface area contributed by atoms with Crippen LogP contribution in [0.5, 0.6) is 5.75 Å². The van der Waals surface area contributed by atoms with Crippen LogP contribution in [-0.2, 0) is 6.42 Å². The summed E-state index contributed by atoms with van der Waals surface area (Å²) in [5.74, 6) is -0.237. The summed E-state index contributed by atoms with van der Waals surface area (Å²) in [4.78, 5) is 4.29. The summed E-state index contributed by atoms with van der Waals surface area (Å²) in [5.41, 5.74) is 2.63. The smallest absolute Gasteiger partial charge is 0.387 e. The van der Waals surface area contributed by atoms with Crippen LogP contribution in [0.3, 0.4) is 0 Å². The molecule has 114 valence electrons. The number of imidazole rings is 1. The summed E-state index contributed by atoms with van der Waals surface area (Å²) >= 11 is 0. The molecule has 2 heterocycles. The molecule has 0 unspecified atom stereocenters. The quantitative estimate of drug-likeness (QED) is 0.729. The number of rotatable bonds is 4. The number of aromatic nitrogens is 2. The molecule has 0 aliphatic carbocycles. The van der Waals surface area contributed by atoms with Crippen molar-refractivity contribution in [3.05, 3.63) is 65.4 Å².